The first kappa shape index (κ1) is 34.0. The molecule has 45 heavy (non-hydrogen) atoms. The number of rotatable bonds is 8. The number of allylic oxidation sites excluding steroid dienone is 1. The van der Waals surface area contributed by atoms with Crippen LogP contribution in [0, 0.1) is 22.7 Å². The van der Waals surface area contributed by atoms with Crippen LogP contribution in [-0.2, 0) is 28.2 Å². The van der Waals surface area contributed by atoms with Crippen LogP contribution in [0.25, 0.3) is 0 Å². The molecule has 1 saturated heterocycles. The van der Waals surface area contributed by atoms with Gasteiger partial charge in [-0.15, -0.1) is 0 Å². The zero-order valence-electron chi connectivity index (χ0n) is 27.9. The third-order valence-electron chi connectivity index (χ3n) is 12.2. The summed E-state index contributed by atoms with van der Waals surface area (Å²) in [5.41, 5.74) is -4.86. The predicted molar refractivity (Wildman–Crippen MR) is 170 cm³/mol. The third kappa shape index (κ3) is 4.97. The van der Waals surface area contributed by atoms with Crippen LogP contribution in [0.2, 0.25) is 18.1 Å². The molecule has 3 fully saturated rings. The molecule has 0 aromatic heterocycles. The van der Waals surface area contributed by atoms with E-state index in [1.54, 1.807) is 36.4 Å². The van der Waals surface area contributed by atoms with Crippen LogP contribution in [0.3, 0.4) is 0 Å². The first-order valence-electron chi connectivity index (χ1n) is 16.5. The summed E-state index contributed by atoms with van der Waals surface area (Å²) in [6.07, 6.45) is -1.91. The number of ketones is 1. The van der Waals surface area contributed by atoms with Crippen LogP contribution in [0.1, 0.15) is 78.6 Å². The minimum atomic E-state index is -2.32. The minimum Gasteiger partial charge on any atom is -0.455 e. The fourth-order valence-electron chi connectivity index (χ4n) is 8.91. The lowest BCUT2D eigenvalue weighted by atomic mass is 9.45. The SMILES string of the molecule is CC[Si](CC)(CC)O[C@H]1C[C@H]2OC[C@@]2(OC(C)=O)[C@H]2[C@H](OC(=O)c3ccccc3)[C@]3(O)C[C@H](O)[C@H](C)/C(=C/C(=O)[C@]12C)C3(C)C. The van der Waals surface area contributed by atoms with Crippen molar-refractivity contribution in [2.75, 3.05) is 6.61 Å². The van der Waals surface area contributed by atoms with Crippen LogP contribution >= 0.6 is 0 Å². The minimum absolute atomic E-state index is 0.0270. The largest absolute Gasteiger partial charge is 0.455 e. The van der Waals surface area contributed by atoms with Crippen molar-refractivity contribution in [2.45, 2.75) is 122 Å². The standard InChI is InChI=1S/C35H50O9Si/c1-9-45(10-2,11-3)44-27-18-28-34(20-41-28,43-22(5)36)29-30(42-31(39)23-15-13-12-14-16-23)35(40)19-25(37)21(4)24(32(35,6)7)17-26(38)33(27,29)8/h12-17,21,25,27-30,37,40H,9-11,18-20H2,1-8H3/b24-17-/t21-,25+,27+,28-,29+,30+,33-,34+,35-/m1/s1. The molecular formula is C35H50O9Si. The molecule has 9 nitrogen and oxygen atoms in total. The Morgan fingerprint density at radius 3 is 2.22 bits per heavy atom. The Hall–Kier alpha value is -2.37. The molecule has 4 aliphatic rings. The molecule has 0 radical (unpaired) electrons. The van der Waals surface area contributed by atoms with E-state index >= 15 is 4.79 Å². The van der Waals surface area contributed by atoms with E-state index in [1.165, 1.54) is 6.92 Å². The van der Waals surface area contributed by atoms with Gasteiger partial charge in [0.2, 0.25) is 0 Å². The number of carbonyl (C=O) groups is 3. The van der Waals surface area contributed by atoms with Gasteiger partial charge < -0.3 is 28.8 Å². The second-order valence-electron chi connectivity index (χ2n) is 14.5. The van der Waals surface area contributed by atoms with Crippen LogP contribution < -0.4 is 0 Å². The van der Waals surface area contributed by atoms with E-state index in [2.05, 4.69) is 20.8 Å². The average molecular weight is 643 g/mol. The van der Waals surface area contributed by atoms with E-state index in [1.807, 2.05) is 27.7 Å². The predicted octanol–water partition coefficient (Wildman–Crippen LogP) is 5.00. The molecule has 1 heterocycles. The summed E-state index contributed by atoms with van der Waals surface area (Å²) in [5, 5.41) is 24.4. The number of carbonyl (C=O) groups excluding carboxylic acids is 3. The van der Waals surface area contributed by atoms with E-state index in [9.17, 15) is 19.8 Å². The molecule has 3 aliphatic carbocycles. The van der Waals surface area contributed by atoms with Gasteiger partial charge in [0, 0.05) is 31.1 Å². The molecule has 10 heteroatoms. The van der Waals surface area contributed by atoms with Crippen LogP contribution in [0.5, 0.6) is 0 Å². The van der Waals surface area contributed by atoms with Gasteiger partial charge in [0.25, 0.3) is 0 Å². The van der Waals surface area contributed by atoms with Gasteiger partial charge in [-0.3, -0.25) is 9.59 Å². The van der Waals surface area contributed by atoms with Crippen LogP contribution in [0.4, 0.5) is 0 Å². The summed E-state index contributed by atoms with van der Waals surface area (Å²) in [6, 6.07) is 11.0. The third-order valence-corrected chi connectivity index (χ3v) is 16.9. The van der Waals surface area contributed by atoms with E-state index in [0.29, 0.717) is 12.0 Å². The maximum absolute atomic E-state index is 15.0. The molecule has 0 spiro atoms. The zero-order valence-corrected chi connectivity index (χ0v) is 28.9. The van der Waals surface area contributed by atoms with Gasteiger partial charge in [-0.25, -0.2) is 4.79 Å². The van der Waals surface area contributed by atoms with Gasteiger partial charge in [-0.05, 0) is 43.3 Å². The van der Waals surface area contributed by atoms with E-state index in [-0.39, 0.29) is 24.4 Å². The Morgan fingerprint density at radius 1 is 1.07 bits per heavy atom. The topological polar surface area (TPSA) is 129 Å². The number of hydrogen-bond acceptors (Lipinski definition) is 9. The molecule has 9 atom stereocenters. The van der Waals surface area contributed by atoms with Gasteiger partial charge >= 0.3 is 11.9 Å². The van der Waals surface area contributed by atoms with Crippen molar-refractivity contribution in [3.8, 4) is 0 Å². The number of esters is 2. The molecule has 248 valence electrons. The van der Waals surface area contributed by atoms with Gasteiger partial charge in [-0.1, -0.05) is 65.3 Å². The lowest BCUT2D eigenvalue weighted by Crippen LogP contribution is -2.81. The molecule has 1 aromatic rings. The molecule has 5 rings (SSSR count). The lowest BCUT2D eigenvalue weighted by molar-refractivity contribution is -0.343. The smallest absolute Gasteiger partial charge is 0.338 e. The highest BCUT2D eigenvalue weighted by molar-refractivity contribution is 6.73. The molecule has 2 bridgehead atoms. The summed E-state index contributed by atoms with van der Waals surface area (Å²) < 4.78 is 25.9. The number of aliphatic hydroxyl groups is 2. The molecule has 0 unspecified atom stereocenters. The Balaban J connectivity index is 1.82. The lowest BCUT2D eigenvalue weighted by Gasteiger charge is -2.67. The first-order chi connectivity index (χ1) is 21.1. The second-order valence-corrected chi connectivity index (χ2v) is 19.2. The molecule has 2 saturated carbocycles. The van der Waals surface area contributed by atoms with E-state index < -0.39 is 78.5 Å². The van der Waals surface area contributed by atoms with Gasteiger partial charge in [0.1, 0.15) is 17.8 Å². The highest BCUT2D eigenvalue weighted by atomic mass is 28.4. The monoisotopic (exact) mass is 642 g/mol. The van der Waals surface area contributed by atoms with Crippen molar-refractivity contribution in [3.63, 3.8) is 0 Å². The van der Waals surface area contributed by atoms with Gasteiger partial charge in [0.15, 0.2) is 19.7 Å². The Kier molecular flexibility index (Phi) is 8.83. The van der Waals surface area contributed by atoms with Crippen molar-refractivity contribution >= 4 is 26.0 Å². The normalized spacial score (nSPS) is 40.0. The number of aliphatic hydroxyl groups excluding tert-OH is 1. The van der Waals surface area contributed by atoms with E-state index in [4.69, 9.17) is 18.6 Å². The Labute approximate surface area is 267 Å². The Bertz CT molecular complexity index is 1350. The van der Waals surface area contributed by atoms with Crippen molar-refractivity contribution in [1.82, 2.24) is 0 Å². The Morgan fingerprint density at radius 2 is 1.69 bits per heavy atom. The summed E-state index contributed by atoms with van der Waals surface area (Å²) in [5.74, 6) is -2.99. The second kappa shape index (κ2) is 11.7. The summed E-state index contributed by atoms with van der Waals surface area (Å²) in [6.45, 7) is 15.0. The highest BCUT2D eigenvalue weighted by Crippen LogP contribution is 2.64. The number of benzene rings is 1. The van der Waals surface area contributed by atoms with Crippen molar-refractivity contribution < 1.29 is 43.2 Å². The first-order valence-corrected chi connectivity index (χ1v) is 19.0. The molecule has 0 amide bonds. The fraction of sp³-hybridized carbons (Fsp3) is 0.686. The molecule has 2 N–H and O–H groups in total. The average Bonchev–Trinajstić information content (AvgIpc) is 3.00. The number of fused-ring (bicyclic) bond motifs is 5. The number of hydrogen-bond donors (Lipinski definition) is 2. The van der Waals surface area contributed by atoms with Crippen LogP contribution in [-0.4, -0.2) is 78.5 Å². The molecule has 1 aliphatic heterocycles. The van der Waals surface area contributed by atoms with E-state index in [0.717, 1.165) is 18.1 Å². The van der Waals surface area contributed by atoms with Gasteiger partial charge in [-0.2, -0.15) is 0 Å². The fourth-order valence-corrected chi connectivity index (χ4v) is 11.9. The summed E-state index contributed by atoms with van der Waals surface area (Å²) in [7, 11) is -2.32. The number of ether oxygens (including phenoxy) is 3. The summed E-state index contributed by atoms with van der Waals surface area (Å²) >= 11 is 0. The quantitative estimate of drug-likeness (QED) is 0.298. The molecule has 1 aromatic carbocycles. The maximum atomic E-state index is 15.0. The van der Waals surface area contributed by atoms with Crippen LogP contribution in [0.15, 0.2) is 42.0 Å². The van der Waals surface area contributed by atoms with Crippen molar-refractivity contribution in [1.29, 1.82) is 0 Å². The zero-order chi connectivity index (χ0) is 33.2. The summed E-state index contributed by atoms with van der Waals surface area (Å²) in [4.78, 5) is 41.8. The van der Waals surface area contributed by atoms with Crippen molar-refractivity contribution in [3.05, 3.63) is 47.5 Å². The van der Waals surface area contributed by atoms with Crippen molar-refractivity contribution in [2.24, 2.45) is 22.7 Å². The highest BCUT2D eigenvalue weighted by Gasteiger charge is 2.77. The van der Waals surface area contributed by atoms with Gasteiger partial charge in [0.05, 0.1) is 35.7 Å². The molecular weight excluding hydrogens is 592 g/mol. The maximum Gasteiger partial charge on any atom is 0.338 e.